The summed E-state index contributed by atoms with van der Waals surface area (Å²) in [6.07, 6.45) is 0. The van der Waals surface area contributed by atoms with E-state index in [1.54, 1.807) is 31.2 Å². The van der Waals surface area contributed by atoms with Gasteiger partial charge in [0.05, 0.1) is 0 Å². The molecule has 0 spiro atoms. The van der Waals surface area contributed by atoms with E-state index in [0.29, 0.717) is 18.0 Å². The zero-order valence-electron chi connectivity index (χ0n) is 11.3. The van der Waals surface area contributed by atoms with E-state index < -0.39 is 6.04 Å². The Bertz CT molecular complexity index is 486. The topological polar surface area (TPSA) is 70.2 Å². The van der Waals surface area contributed by atoms with E-state index in [1.807, 2.05) is 0 Å². The molecule has 1 saturated heterocycles. The number of benzene rings is 1. The maximum absolute atomic E-state index is 12.0. The molecular formula is C14H18BrN3O2. The second-order valence-corrected chi connectivity index (χ2v) is 5.89. The van der Waals surface area contributed by atoms with Gasteiger partial charge in [-0.3, -0.25) is 9.59 Å². The van der Waals surface area contributed by atoms with Crippen LogP contribution in [-0.4, -0.2) is 37.5 Å². The fourth-order valence-corrected chi connectivity index (χ4v) is 2.10. The SMILES string of the molecule is CC(NC(=O)c1ccc(Br)cc1)C(=O)NCC1CNC1. The van der Waals surface area contributed by atoms with Crippen molar-refractivity contribution in [1.29, 1.82) is 0 Å². The maximum Gasteiger partial charge on any atom is 0.251 e. The molecule has 0 bridgehead atoms. The van der Waals surface area contributed by atoms with Crippen molar-refractivity contribution in [1.82, 2.24) is 16.0 Å². The van der Waals surface area contributed by atoms with Gasteiger partial charge in [-0.15, -0.1) is 0 Å². The van der Waals surface area contributed by atoms with Crippen molar-refractivity contribution in [2.45, 2.75) is 13.0 Å². The van der Waals surface area contributed by atoms with Crippen LogP contribution < -0.4 is 16.0 Å². The first-order chi connectivity index (χ1) is 9.56. The second kappa shape index (κ2) is 6.85. The summed E-state index contributed by atoms with van der Waals surface area (Å²) >= 11 is 3.31. The fraction of sp³-hybridized carbons (Fsp3) is 0.429. The Kier molecular flexibility index (Phi) is 5.14. The summed E-state index contributed by atoms with van der Waals surface area (Å²) in [5.74, 6) is 0.112. The third-order valence-electron chi connectivity index (χ3n) is 3.28. The van der Waals surface area contributed by atoms with Crippen LogP contribution >= 0.6 is 15.9 Å². The zero-order chi connectivity index (χ0) is 14.5. The molecule has 1 heterocycles. The Morgan fingerprint density at radius 1 is 1.35 bits per heavy atom. The normalized spacial score (nSPS) is 16.1. The molecule has 1 aliphatic heterocycles. The largest absolute Gasteiger partial charge is 0.354 e. The van der Waals surface area contributed by atoms with Gasteiger partial charge in [0.2, 0.25) is 5.91 Å². The molecule has 0 saturated carbocycles. The van der Waals surface area contributed by atoms with Crippen LogP contribution in [0, 0.1) is 5.92 Å². The summed E-state index contributed by atoms with van der Waals surface area (Å²) < 4.78 is 0.911. The molecule has 1 atom stereocenters. The van der Waals surface area contributed by atoms with Gasteiger partial charge in [0, 0.05) is 35.6 Å². The number of halogens is 1. The number of nitrogens with one attached hydrogen (secondary N) is 3. The van der Waals surface area contributed by atoms with E-state index >= 15 is 0 Å². The minimum Gasteiger partial charge on any atom is -0.354 e. The van der Waals surface area contributed by atoms with Gasteiger partial charge in [-0.05, 0) is 31.2 Å². The lowest BCUT2D eigenvalue weighted by Gasteiger charge is -2.27. The van der Waals surface area contributed by atoms with E-state index in [0.717, 1.165) is 17.6 Å². The minimum absolute atomic E-state index is 0.151. The number of carbonyl (C=O) groups is 2. The van der Waals surface area contributed by atoms with Crippen molar-refractivity contribution in [3.63, 3.8) is 0 Å². The van der Waals surface area contributed by atoms with E-state index in [4.69, 9.17) is 0 Å². The summed E-state index contributed by atoms with van der Waals surface area (Å²) in [6, 6.07) is 6.47. The van der Waals surface area contributed by atoms with E-state index in [9.17, 15) is 9.59 Å². The third-order valence-corrected chi connectivity index (χ3v) is 3.81. The molecule has 3 N–H and O–H groups in total. The summed E-state index contributed by atoms with van der Waals surface area (Å²) in [7, 11) is 0. The lowest BCUT2D eigenvalue weighted by Crippen LogP contribution is -2.51. The van der Waals surface area contributed by atoms with Crippen molar-refractivity contribution >= 4 is 27.7 Å². The standard InChI is InChI=1S/C14H18BrN3O2/c1-9(13(19)17-8-10-6-16-7-10)18-14(20)11-2-4-12(15)5-3-11/h2-5,9-10,16H,6-8H2,1H3,(H,17,19)(H,18,20). The predicted octanol–water partition coefficient (Wildman–Crippen LogP) is 0.903. The molecule has 0 aromatic heterocycles. The molecule has 1 unspecified atom stereocenters. The fourth-order valence-electron chi connectivity index (χ4n) is 1.84. The molecule has 1 aromatic carbocycles. The molecule has 108 valence electrons. The smallest absolute Gasteiger partial charge is 0.251 e. The van der Waals surface area contributed by atoms with Crippen molar-refractivity contribution in [3.05, 3.63) is 34.3 Å². The van der Waals surface area contributed by atoms with Gasteiger partial charge in [0.15, 0.2) is 0 Å². The number of amides is 2. The summed E-state index contributed by atoms with van der Waals surface area (Å²) in [6.45, 7) is 4.23. The molecule has 6 heteroatoms. The number of rotatable bonds is 5. The van der Waals surface area contributed by atoms with Gasteiger partial charge in [0.1, 0.15) is 6.04 Å². The van der Waals surface area contributed by atoms with Crippen LogP contribution in [-0.2, 0) is 4.79 Å². The first-order valence-electron chi connectivity index (χ1n) is 6.61. The molecule has 5 nitrogen and oxygen atoms in total. The highest BCUT2D eigenvalue weighted by Crippen LogP contribution is 2.10. The van der Waals surface area contributed by atoms with E-state index in [1.165, 1.54) is 0 Å². The Morgan fingerprint density at radius 2 is 2.00 bits per heavy atom. The van der Waals surface area contributed by atoms with Crippen molar-refractivity contribution < 1.29 is 9.59 Å². The van der Waals surface area contributed by atoms with Crippen LogP contribution in [0.2, 0.25) is 0 Å². The molecule has 2 amide bonds. The van der Waals surface area contributed by atoms with E-state index in [-0.39, 0.29) is 11.8 Å². The summed E-state index contributed by atoms with van der Waals surface area (Å²) in [5, 5.41) is 8.69. The lowest BCUT2D eigenvalue weighted by molar-refractivity contribution is -0.122. The quantitative estimate of drug-likeness (QED) is 0.746. The predicted molar refractivity (Wildman–Crippen MR) is 80.4 cm³/mol. The first-order valence-corrected chi connectivity index (χ1v) is 7.40. The van der Waals surface area contributed by atoms with Crippen LogP contribution in [0.4, 0.5) is 0 Å². The highest BCUT2D eigenvalue weighted by molar-refractivity contribution is 9.10. The molecule has 1 fully saturated rings. The summed E-state index contributed by atoms with van der Waals surface area (Å²) in [4.78, 5) is 23.8. The van der Waals surface area contributed by atoms with Crippen LogP contribution in [0.1, 0.15) is 17.3 Å². The zero-order valence-corrected chi connectivity index (χ0v) is 12.9. The molecule has 0 radical (unpaired) electrons. The molecule has 20 heavy (non-hydrogen) atoms. The number of hydrogen-bond donors (Lipinski definition) is 3. The summed E-state index contributed by atoms with van der Waals surface area (Å²) in [5.41, 5.74) is 0.538. The Morgan fingerprint density at radius 3 is 2.55 bits per heavy atom. The molecular weight excluding hydrogens is 322 g/mol. The third kappa shape index (κ3) is 4.05. The van der Waals surface area contributed by atoms with Gasteiger partial charge in [-0.2, -0.15) is 0 Å². The maximum atomic E-state index is 12.0. The average Bonchev–Trinajstić information content (AvgIpc) is 2.37. The van der Waals surface area contributed by atoms with Gasteiger partial charge in [0.25, 0.3) is 5.91 Å². The Labute approximate surface area is 126 Å². The highest BCUT2D eigenvalue weighted by atomic mass is 79.9. The van der Waals surface area contributed by atoms with Gasteiger partial charge < -0.3 is 16.0 Å². The van der Waals surface area contributed by atoms with Crippen molar-refractivity contribution in [2.75, 3.05) is 19.6 Å². The molecule has 1 aliphatic rings. The molecule has 0 aliphatic carbocycles. The molecule has 2 rings (SSSR count). The minimum atomic E-state index is -0.542. The van der Waals surface area contributed by atoms with Crippen LogP contribution in [0.5, 0.6) is 0 Å². The Hall–Kier alpha value is -1.40. The van der Waals surface area contributed by atoms with Crippen LogP contribution in [0.15, 0.2) is 28.7 Å². The Balaban J connectivity index is 1.80. The average molecular weight is 340 g/mol. The van der Waals surface area contributed by atoms with Crippen molar-refractivity contribution in [3.8, 4) is 0 Å². The van der Waals surface area contributed by atoms with Gasteiger partial charge in [-0.1, -0.05) is 15.9 Å². The number of carbonyl (C=O) groups excluding carboxylic acids is 2. The highest BCUT2D eigenvalue weighted by Gasteiger charge is 2.20. The van der Waals surface area contributed by atoms with Crippen molar-refractivity contribution in [2.24, 2.45) is 5.92 Å². The monoisotopic (exact) mass is 339 g/mol. The molecule has 1 aromatic rings. The second-order valence-electron chi connectivity index (χ2n) is 4.97. The number of hydrogen-bond acceptors (Lipinski definition) is 3. The van der Waals surface area contributed by atoms with E-state index in [2.05, 4.69) is 31.9 Å². The van der Waals surface area contributed by atoms with Gasteiger partial charge >= 0.3 is 0 Å². The van der Waals surface area contributed by atoms with Gasteiger partial charge in [-0.25, -0.2) is 0 Å². The van der Waals surface area contributed by atoms with Crippen LogP contribution in [0.25, 0.3) is 0 Å². The lowest BCUT2D eigenvalue weighted by atomic mass is 10.0. The first kappa shape index (κ1) is 15.0. The van der Waals surface area contributed by atoms with Crippen LogP contribution in [0.3, 0.4) is 0 Å².